The Morgan fingerprint density at radius 3 is 2.57 bits per heavy atom. The van der Waals surface area contributed by atoms with Crippen molar-refractivity contribution in [2.24, 2.45) is 5.73 Å². The summed E-state index contributed by atoms with van der Waals surface area (Å²) in [6.07, 6.45) is 1.53. The van der Waals surface area contributed by atoms with Gasteiger partial charge in [0.25, 0.3) is 5.92 Å². The lowest BCUT2D eigenvalue weighted by Crippen LogP contribution is -2.56. The fourth-order valence-corrected chi connectivity index (χ4v) is 3.01. The van der Waals surface area contributed by atoms with Crippen LogP contribution in [0.5, 0.6) is 0 Å². The number of rotatable bonds is 0. The van der Waals surface area contributed by atoms with Crippen LogP contribution >= 0.6 is 0 Å². The van der Waals surface area contributed by atoms with E-state index >= 15 is 0 Å². The molecule has 2 fully saturated rings. The van der Waals surface area contributed by atoms with Gasteiger partial charge in [0.15, 0.2) is 0 Å². The average molecular weight is 204 g/mol. The number of nitrogens with two attached hydrogens (primary N) is 1. The van der Waals surface area contributed by atoms with Gasteiger partial charge in [0.2, 0.25) is 0 Å². The van der Waals surface area contributed by atoms with Gasteiger partial charge in [-0.15, -0.1) is 0 Å². The maximum atomic E-state index is 13.2. The number of hydrogen-bond acceptors (Lipinski definition) is 2. The number of alkyl halides is 2. The molecule has 0 saturated carbocycles. The summed E-state index contributed by atoms with van der Waals surface area (Å²) in [6, 6.07) is 0.0731. The van der Waals surface area contributed by atoms with E-state index in [2.05, 4.69) is 0 Å². The molecule has 0 bridgehead atoms. The van der Waals surface area contributed by atoms with Crippen LogP contribution in [-0.4, -0.2) is 35.0 Å². The van der Waals surface area contributed by atoms with Crippen molar-refractivity contribution in [3.8, 4) is 0 Å². The zero-order chi connectivity index (χ0) is 10.6. The summed E-state index contributed by atoms with van der Waals surface area (Å²) < 4.78 is 26.5. The Labute approximate surface area is 83.4 Å². The number of hydrogen-bond donors (Lipinski definition) is 1. The predicted molar refractivity (Wildman–Crippen MR) is 51.3 cm³/mol. The quantitative estimate of drug-likeness (QED) is 0.649. The predicted octanol–water partition coefficient (Wildman–Crippen LogP) is 1.60. The second kappa shape index (κ2) is 2.89. The van der Waals surface area contributed by atoms with Crippen molar-refractivity contribution in [3.63, 3.8) is 0 Å². The molecule has 0 aliphatic carbocycles. The van der Waals surface area contributed by atoms with Crippen molar-refractivity contribution in [1.29, 1.82) is 0 Å². The number of halogens is 2. The molecule has 0 aromatic carbocycles. The SMILES string of the molecule is CC1(C)CC(N)C[C@@H]2CC(F)(F)CN21. The van der Waals surface area contributed by atoms with E-state index in [1.807, 2.05) is 18.7 Å². The maximum absolute atomic E-state index is 13.2. The van der Waals surface area contributed by atoms with Gasteiger partial charge in [-0.05, 0) is 26.7 Å². The Morgan fingerprint density at radius 1 is 1.29 bits per heavy atom. The van der Waals surface area contributed by atoms with E-state index in [1.165, 1.54) is 0 Å². The summed E-state index contributed by atoms with van der Waals surface area (Å²) in [7, 11) is 0. The molecule has 14 heavy (non-hydrogen) atoms. The molecular weight excluding hydrogens is 186 g/mol. The summed E-state index contributed by atoms with van der Waals surface area (Å²) in [6.45, 7) is 3.94. The van der Waals surface area contributed by atoms with Crippen LogP contribution in [0.2, 0.25) is 0 Å². The van der Waals surface area contributed by atoms with E-state index in [0.29, 0.717) is 0 Å². The minimum Gasteiger partial charge on any atom is -0.328 e. The first-order valence-corrected chi connectivity index (χ1v) is 5.20. The van der Waals surface area contributed by atoms with E-state index in [9.17, 15) is 8.78 Å². The molecule has 4 heteroatoms. The second-order valence-corrected chi connectivity index (χ2v) is 5.35. The Balaban J connectivity index is 2.19. The molecule has 2 rings (SSSR count). The summed E-state index contributed by atoms with van der Waals surface area (Å²) in [5.74, 6) is -2.51. The van der Waals surface area contributed by atoms with Crippen LogP contribution < -0.4 is 5.73 Å². The lowest BCUT2D eigenvalue weighted by atomic mass is 9.84. The first-order valence-electron chi connectivity index (χ1n) is 5.20. The van der Waals surface area contributed by atoms with Gasteiger partial charge in [0.05, 0.1) is 6.54 Å². The first kappa shape index (κ1) is 10.3. The molecule has 2 atom stereocenters. The van der Waals surface area contributed by atoms with Crippen molar-refractivity contribution in [1.82, 2.24) is 4.90 Å². The third-order valence-electron chi connectivity index (χ3n) is 3.49. The van der Waals surface area contributed by atoms with Gasteiger partial charge in [-0.2, -0.15) is 0 Å². The number of piperidine rings is 1. The number of nitrogens with zero attached hydrogens (tertiary/aromatic N) is 1. The van der Waals surface area contributed by atoms with Crippen LogP contribution in [0, 0.1) is 0 Å². The first-order chi connectivity index (χ1) is 6.30. The van der Waals surface area contributed by atoms with E-state index in [-0.39, 0.29) is 30.6 Å². The van der Waals surface area contributed by atoms with Gasteiger partial charge in [-0.3, -0.25) is 4.90 Å². The highest BCUT2D eigenvalue weighted by Crippen LogP contribution is 2.42. The molecule has 2 N–H and O–H groups in total. The third kappa shape index (κ3) is 1.65. The van der Waals surface area contributed by atoms with Crippen molar-refractivity contribution >= 4 is 0 Å². The monoisotopic (exact) mass is 204 g/mol. The molecule has 2 aliphatic heterocycles. The second-order valence-electron chi connectivity index (χ2n) is 5.35. The van der Waals surface area contributed by atoms with Gasteiger partial charge in [-0.1, -0.05) is 0 Å². The fraction of sp³-hybridized carbons (Fsp3) is 1.00. The summed E-state index contributed by atoms with van der Waals surface area (Å²) >= 11 is 0. The van der Waals surface area contributed by atoms with Gasteiger partial charge < -0.3 is 5.73 Å². The summed E-state index contributed by atoms with van der Waals surface area (Å²) in [5.41, 5.74) is 5.72. The highest BCUT2D eigenvalue weighted by molar-refractivity contribution is 5.03. The minimum absolute atomic E-state index is 0.00979. The smallest absolute Gasteiger partial charge is 0.262 e. The van der Waals surface area contributed by atoms with Crippen molar-refractivity contribution in [3.05, 3.63) is 0 Å². The molecular formula is C10H18F2N2. The summed E-state index contributed by atoms with van der Waals surface area (Å²) in [5, 5.41) is 0. The normalized spacial score (nSPS) is 40.9. The topological polar surface area (TPSA) is 29.3 Å². The van der Waals surface area contributed by atoms with E-state index in [0.717, 1.165) is 12.8 Å². The summed E-state index contributed by atoms with van der Waals surface area (Å²) in [4.78, 5) is 1.94. The maximum Gasteiger partial charge on any atom is 0.262 e. The Hall–Kier alpha value is -0.220. The lowest BCUT2D eigenvalue weighted by molar-refractivity contribution is -0.00759. The van der Waals surface area contributed by atoms with Crippen LogP contribution in [0.4, 0.5) is 8.78 Å². The molecule has 0 aromatic heterocycles. The molecule has 0 amide bonds. The molecule has 82 valence electrons. The molecule has 0 spiro atoms. The van der Waals surface area contributed by atoms with Crippen molar-refractivity contribution in [2.45, 2.75) is 56.7 Å². The van der Waals surface area contributed by atoms with Gasteiger partial charge >= 0.3 is 0 Å². The van der Waals surface area contributed by atoms with Gasteiger partial charge in [-0.25, -0.2) is 8.78 Å². The van der Waals surface area contributed by atoms with Crippen molar-refractivity contribution < 1.29 is 8.78 Å². The average Bonchev–Trinajstić information content (AvgIpc) is 2.22. The molecule has 2 saturated heterocycles. The molecule has 0 aromatic rings. The van der Waals surface area contributed by atoms with Gasteiger partial charge in [0.1, 0.15) is 0 Å². The largest absolute Gasteiger partial charge is 0.328 e. The molecule has 2 nitrogen and oxygen atoms in total. The molecule has 2 heterocycles. The molecule has 0 radical (unpaired) electrons. The highest BCUT2D eigenvalue weighted by atomic mass is 19.3. The van der Waals surface area contributed by atoms with Crippen molar-refractivity contribution in [2.75, 3.05) is 6.54 Å². The highest BCUT2D eigenvalue weighted by Gasteiger charge is 2.52. The molecule has 2 aliphatic rings. The van der Waals surface area contributed by atoms with E-state index in [1.54, 1.807) is 0 Å². The zero-order valence-corrected chi connectivity index (χ0v) is 8.76. The fourth-order valence-electron chi connectivity index (χ4n) is 3.01. The Kier molecular flexibility index (Phi) is 2.13. The van der Waals surface area contributed by atoms with Crippen LogP contribution in [0.3, 0.4) is 0 Å². The van der Waals surface area contributed by atoms with E-state index < -0.39 is 5.92 Å². The lowest BCUT2D eigenvalue weighted by Gasteiger charge is -2.46. The molecule has 1 unspecified atom stereocenters. The van der Waals surface area contributed by atoms with Crippen LogP contribution in [0.25, 0.3) is 0 Å². The third-order valence-corrected chi connectivity index (χ3v) is 3.49. The standard InChI is InChI=1S/C10H18F2N2/c1-9(2)4-7(13)3-8-5-10(11,12)6-14(8)9/h7-8H,3-6,13H2,1-2H3/t7?,8-/m1/s1. The Bertz CT molecular complexity index is 240. The minimum atomic E-state index is -2.51. The Morgan fingerprint density at radius 2 is 1.93 bits per heavy atom. The van der Waals surface area contributed by atoms with Crippen LogP contribution in [-0.2, 0) is 0 Å². The van der Waals surface area contributed by atoms with E-state index in [4.69, 9.17) is 5.73 Å². The number of fused-ring (bicyclic) bond motifs is 1. The van der Waals surface area contributed by atoms with Crippen LogP contribution in [0.1, 0.15) is 33.1 Å². The van der Waals surface area contributed by atoms with Crippen LogP contribution in [0.15, 0.2) is 0 Å². The zero-order valence-electron chi connectivity index (χ0n) is 8.76. The van der Waals surface area contributed by atoms with Gasteiger partial charge in [0, 0.05) is 24.0 Å².